The maximum Gasteiger partial charge on any atom is 0.328 e. The van der Waals surface area contributed by atoms with Crippen LogP contribution in [0, 0.1) is 6.92 Å². The summed E-state index contributed by atoms with van der Waals surface area (Å²) in [6.45, 7) is 5.63. The number of esters is 1. The molecular weight excluding hydrogens is 242 g/mol. The molecule has 2 rings (SSSR count). The minimum atomic E-state index is -0.627. The van der Waals surface area contributed by atoms with E-state index in [0.29, 0.717) is 6.61 Å². The van der Waals surface area contributed by atoms with E-state index in [1.54, 1.807) is 19.9 Å². The molecule has 2 aromatic rings. The highest BCUT2D eigenvalue weighted by Crippen LogP contribution is 2.19. The standard InChI is InChI=1S/C15H17NO3/c1-4-19-15(18)11(3)16-13-8-6-5-7-12(13)10(2)9-14(16)17/h5-9,11H,4H2,1-3H3. The van der Waals surface area contributed by atoms with E-state index in [9.17, 15) is 9.59 Å². The summed E-state index contributed by atoms with van der Waals surface area (Å²) in [5.41, 5.74) is 1.48. The molecule has 100 valence electrons. The summed E-state index contributed by atoms with van der Waals surface area (Å²) in [5, 5.41) is 0.971. The van der Waals surface area contributed by atoms with E-state index in [1.807, 2.05) is 31.2 Å². The van der Waals surface area contributed by atoms with Crippen LogP contribution in [0.3, 0.4) is 0 Å². The Morgan fingerprint density at radius 1 is 1.37 bits per heavy atom. The molecule has 19 heavy (non-hydrogen) atoms. The molecule has 0 fully saturated rings. The van der Waals surface area contributed by atoms with Gasteiger partial charge in [-0.05, 0) is 32.4 Å². The van der Waals surface area contributed by atoms with Crippen LogP contribution in [-0.2, 0) is 9.53 Å². The minimum Gasteiger partial charge on any atom is -0.464 e. The first-order valence-electron chi connectivity index (χ1n) is 6.33. The number of rotatable bonds is 3. The van der Waals surface area contributed by atoms with Crippen molar-refractivity contribution >= 4 is 16.9 Å². The molecule has 1 unspecified atom stereocenters. The summed E-state index contributed by atoms with van der Waals surface area (Å²) in [7, 11) is 0. The van der Waals surface area contributed by atoms with Crippen LogP contribution in [0.1, 0.15) is 25.5 Å². The van der Waals surface area contributed by atoms with Gasteiger partial charge in [0.1, 0.15) is 6.04 Å². The van der Waals surface area contributed by atoms with Crippen LogP contribution >= 0.6 is 0 Å². The zero-order chi connectivity index (χ0) is 14.0. The number of pyridine rings is 1. The average Bonchev–Trinajstić information content (AvgIpc) is 2.39. The Morgan fingerprint density at radius 3 is 2.74 bits per heavy atom. The zero-order valence-electron chi connectivity index (χ0n) is 11.3. The third-order valence-corrected chi connectivity index (χ3v) is 3.18. The molecule has 0 spiro atoms. The lowest BCUT2D eigenvalue weighted by Gasteiger charge is -2.17. The fourth-order valence-electron chi connectivity index (χ4n) is 2.24. The number of carbonyl (C=O) groups is 1. The second kappa shape index (κ2) is 5.26. The van der Waals surface area contributed by atoms with E-state index in [1.165, 1.54) is 4.57 Å². The number of hydrogen-bond acceptors (Lipinski definition) is 3. The Labute approximate surface area is 111 Å². The SMILES string of the molecule is CCOC(=O)C(C)n1c(=O)cc(C)c2ccccc21. The van der Waals surface area contributed by atoms with Crippen molar-refractivity contribution in [3.05, 3.63) is 46.2 Å². The van der Waals surface area contributed by atoms with Gasteiger partial charge in [0.05, 0.1) is 12.1 Å². The number of aromatic nitrogens is 1. The van der Waals surface area contributed by atoms with Gasteiger partial charge in [0, 0.05) is 11.5 Å². The van der Waals surface area contributed by atoms with Gasteiger partial charge >= 0.3 is 5.97 Å². The van der Waals surface area contributed by atoms with Crippen molar-refractivity contribution in [1.29, 1.82) is 0 Å². The van der Waals surface area contributed by atoms with Gasteiger partial charge in [-0.3, -0.25) is 9.36 Å². The summed E-state index contributed by atoms with van der Waals surface area (Å²) >= 11 is 0. The fraction of sp³-hybridized carbons (Fsp3) is 0.333. The average molecular weight is 259 g/mol. The van der Waals surface area contributed by atoms with Crippen LogP contribution in [0.2, 0.25) is 0 Å². The van der Waals surface area contributed by atoms with Gasteiger partial charge in [0.15, 0.2) is 0 Å². The molecule has 0 saturated carbocycles. The van der Waals surface area contributed by atoms with Crippen LogP contribution < -0.4 is 5.56 Å². The summed E-state index contributed by atoms with van der Waals surface area (Å²) in [4.78, 5) is 24.0. The van der Waals surface area contributed by atoms with E-state index in [0.717, 1.165) is 16.5 Å². The van der Waals surface area contributed by atoms with E-state index < -0.39 is 12.0 Å². The highest BCUT2D eigenvalue weighted by molar-refractivity contribution is 5.84. The zero-order valence-corrected chi connectivity index (χ0v) is 11.3. The van der Waals surface area contributed by atoms with Gasteiger partial charge in [0.25, 0.3) is 5.56 Å². The van der Waals surface area contributed by atoms with Gasteiger partial charge in [-0.2, -0.15) is 0 Å². The Bertz CT molecular complexity index is 673. The van der Waals surface area contributed by atoms with Crippen LogP contribution in [0.25, 0.3) is 10.9 Å². The summed E-state index contributed by atoms with van der Waals surface area (Å²) in [6, 6.07) is 8.49. The van der Waals surface area contributed by atoms with Gasteiger partial charge in [-0.25, -0.2) is 4.79 Å². The Balaban J connectivity index is 2.66. The van der Waals surface area contributed by atoms with Gasteiger partial charge in [-0.15, -0.1) is 0 Å². The van der Waals surface area contributed by atoms with Crippen molar-refractivity contribution in [3.63, 3.8) is 0 Å². The minimum absolute atomic E-state index is 0.184. The van der Waals surface area contributed by atoms with E-state index >= 15 is 0 Å². The molecule has 0 bridgehead atoms. The molecule has 0 radical (unpaired) electrons. The van der Waals surface area contributed by atoms with E-state index in [2.05, 4.69) is 0 Å². The number of carbonyl (C=O) groups excluding carboxylic acids is 1. The second-order valence-electron chi connectivity index (χ2n) is 4.48. The Hall–Kier alpha value is -2.10. The van der Waals surface area contributed by atoms with Gasteiger partial charge in [-0.1, -0.05) is 18.2 Å². The molecule has 0 aliphatic rings. The Kier molecular flexibility index (Phi) is 3.69. The topological polar surface area (TPSA) is 48.3 Å². The summed E-state index contributed by atoms with van der Waals surface area (Å²) < 4.78 is 6.48. The highest BCUT2D eigenvalue weighted by atomic mass is 16.5. The predicted molar refractivity (Wildman–Crippen MR) is 74.3 cm³/mol. The lowest BCUT2D eigenvalue weighted by molar-refractivity contribution is -0.146. The molecular formula is C15H17NO3. The summed E-state index contributed by atoms with van der Waals surface area (Å²) in [5.74, 6) is -0.390. The van der Waals surface area contributed by atoms with Crippen molar-refractivity contribution in [3.8, 4) is 0 Å². The first kappa shape index (κ1) is 13.3. The maximum atomic E-state index is 12.2. The predicted octanol–water partition coefficient (Wildman–Crippen LogP) is 2.43. The number of ether oxygens (including phenoxy) is 1. The van der Waals surface area contributed by atoms with Gasteiger partial charge < -0.3 is 4.74 Å². The molecule has 1 atom stereocenters. The molecule has 1 aromatic carbocycles. The van der Waals surface area contributed by atoms with E-state index in [4.69, 9.17) is 4.74 Å². The van der Waals surface area contributed by atoms with Gasteiger partial charge in [0.2, 0.25) is 0 Å². The van der Waals surface area contributed by atoms with Crippen LogP contribution in [0.4, 0.5) is 0 Å². The first-order valence-corrected chi connectivity index (χ1v) is 6.33. The normalized spacial score (nSPS) is 12.4. The smallest absolute Gasteiger partial charge is 0.328 e. The molecule has 1 heterocycles. The highest BCUT2D eigenvalue weighted by Gasteiger charge is 2.19. The molecule has 4 nitrogen and oxygen atoms in total. The largest absolute Gasteiger partial charge is 0.464 e. The van der Waals surface area contributed by atoms with Crippen molar-refractivity contribution in [2.75, 3.05) is 6.61 Å². The molecule has 1 aromatic heterocycles. The number of benzene rings is 1. The number of nitrogens with zero attached hydrogens (tertiary/aromatic N) is 1. The maximum absolute atomic E-state index is 12.2. The molecule has 4 heteroatoms. The van der Waals surface area contributed by atoms with E-state index in [-0.39, 0.29) is 5.56 Å². The lowest BCUT2D eigenvalue weighted by atomic mass is 10.1. The number of para-hydroxylation sites is 1. The summed E-state index contributed by atoms with van der Waals surface area (Å²) in [6.07, 6.45) is 0. The monoisotopic (exact) mass is 259 g/mol. The lowest BCUT2D eigenvalue weighted by Crippen LogP contribution is -2.29. The van der Waals surface area contributed by atoms with Crippen molar-refractivity contribution in [2.45, 2.75) is 26.8 Å². The molecule has 0 aliphatic carbocycles. The molecule has 0 amide bonds. The molecule has 0 saturated heterocycles. The molecule has 0 N–H and O–H groups in total. The van der Waals surface area contributed by atoms with Crippen molar-refractivity contribution < 1.29 is 9.53 Å². The van der Waals surface area contributed by atoms with Crippen molar-refractivity contribution in [1.82, 2.24) is 4.57 Å². The quantitative estimate of drug-likeness (QED) is 0.795. The number of hydrogen-bond donors (Lipinski definition) is 0. The number of aryl methyl sites for hydroxylation is 1. The number of fused-ring (bicyclic) bond motifs is 1. The second-order valence-corrected chi connectivity index (χ2v) is 4.48. The van der Waals surface area contributed by atoms with Crippen LogP contribution in [-0.4, -0.2) is 17.1 Å². The van der Waals surface area contributed by atoms with Crippen LogP contribution in [0.15, 0.2) is 35.1 Å². The third kappa shape index (κ3) is 2.38. The van der Waals surface area contributed by atoms with Crippen LogP contribution in [0.5, 0.6) is 0 Å². The first-order chi connectivity index (χ1) is 9.06. The third-order valence-electron chi connectivity index (χ3n) is 3.18. The van der Waals surface area contributed by atoms with Crippen molar-refractivity contribution in [2.24, 2.45) is 0 Å². The molecule has 0 aliphatic heterocycles. The fourth-order valence-corrected chi connectivity index (χ4v) is 2.24. The Morgan fingerprint density at radius 2 is 2.05 bits per heavy atom.